The van der Waals surface area contributed by atoms with Crippen LogP contribution >= 0.6 is 0 Å². The molecule has 4 aromatic rings. The van der Waals surface area contributed by atoms with Crippen molar-refractivity contribution in [2.45, 2.75) is 19.4 Å². The van der Waals surface area contributed by atoms with E-state index in [1.807, 2.05) is 53.4 Å². The van der Waals surface area contributed by atoms with E-state index in [9.17, 15) is 9.59 Å². The lowest BCUT2D eigenvalue weighted by Gasteiger charge is -2.31. The van der Waals surface area contributed by atoms with Crippen LogP contribution in [0.3, 0.4) is 0 Å². The fourth-order valence-corrected chi connectivity index (χ4v) is 4.44. The Labute approximate surface area is 186 Å². The van der Waals surface area contributed by atoms with Crippen LogP contribution < -0.4 is 5.32 Å². The Balaban J connectivity index is 1.29. The van der Waals surface area contributed by atoms with E-state index in [4.69, 9.17) is 0 Å². The number of nitrogens with zero attached hydrogens (tertiary/aromatic N) is 3. The molecule has 3 heterocycles. The van der Waals surface area contributed by atoms with Crippen molar-refractivity contribution in [2.24, 2.45) is 5.92 Å². The second-order valence-electron chi connectivity index (χ2n) is 8.19. The number of carbonyl (C=O) groups is 2. The topological polar surface area (TPSA) is 75.2 Å². The second kappa shape index (κ2) is 8.75. The van der Waals surface area contributed by atoms with Crippen molar-refractivity contribution in [3.8, 4) is 0 Å². The minimum absolute atomic E-state index is 0.0197. The van der Waals surface area contributed by atoms with Gasteiger partial charge in [0.2, 0.25) is 5.91 Å². The number of piperidine rings is 1. The molecular weight excluding hydrogens is 400 g/mol. The van der Waals surface area contributed by atoms with Gasteiger partial charge in [-0.1, -0.05) is 36.4 Å². The Kier molecular flexibility index (Phi) is 5.50. The number of pyridine rings is 2. The summed E-state index contributed by atoms with van der Waals surface area (Å²) in [4.78, 5) is 36.5. The molecule has 1 aliphatic heterocycles. The van der Waals surface area contributed by atoms with Gasteiger partial charge in [0.15, 0.2) is 0 Å². The number of benzene rings is 2. The van der Waals surface area contributed by atoms with Crippen LogP contribution in [0, 0.1) is 5.92 Å². The first kappa shape index (κ1) is 20.1. The van der Waals surface area contributed by atoms with E-state index in [-0.39, 0.29) is 17.7 Å². The third kappa shape index (κ3) is 3.91. The van der Waals surface area contributed by atoms with Crippen molar-refractivity contribution < 1.29 is 9.59 Å². The first-order valence-electron chi connectivity index (χ1n) is 10.9. The summed E-state index contributed by atoms with van der Waals surface area (Å²) in [5, 5.41) is 6.10. The standard InChI is InChI=1S/C26H24N4O2/c31-25(29-17-18-5-3-11-27-16-18)19-9-13-30(14-10-19)26(32)23-15-20-6-1-2-7-21(20)22-8-4-12-28-24(22)23/h1-8,11-12,15-16,19H,9-10,13-14,17H2,(H,29,31). The van der Waals surface area contributed by atoms with Gasteiger partial charge in [-0.15, -0.1) is 0 Å². The van der Waals surface area contributed by atoms with Gasteiger partial charge in [-0.3, -0.25) is 19.6 Å². The van der Waals surface area contributed by atoms with E-state index in [1.54, 1.807) is 18.6 Å². The van der Waals surface area contributed by atoms with Crippen LogP contribution in [0.5, 0.6) is 0 Å². The summed E-state index contributed by atoms with van der Waals surface area (Å²) in [5.74, 6) is -0.0605. The fourth-order valence-electron chi connectivity index (χ4n) is 4.44. The number of hydrogen-bond donors (Lipinski definition) is 1. The lowest BCUT2D eigenvalue weighted by atomic mass is 9.94. The summed E-state index contributed by atoms with van der Waals surface area (Å²) in [6.07, 6.45) is 6.51. The zero-order valence-electron chi connectivity index (χ0n) is 17.7. The molecule has 0 bridgehead atoms. The van der Waals surface area contributed by atoms with Crippen LogP contribution in [0.25, 0.3) is 21.7 Å². The minimum atomic E-state index is -0.0813. The van der Waals surface area contributed by atoms with Crippen LogP contribution in [-0.4, -0.2) is 39.8 Å². The Bertz CT molecular complexity index is 1280. The van der Waals surface area contributed by atoms with Crippen molar-refractivity contribution >= 4 is 33.5 Å². The maximum atomic E-state index is 13.4. The van der Waals surface area contributed by atoms with E-state index in [2.05, 4.69) is 21.4 Å². The summed E-state index contributed by atoms with van der Waals surface area (Å²) in [7, 11) is 0. The number of nitrogens with one attached hydrogen (secondary N) is 1. The van der Waals surface area contributed by atoms with Crippen molar-refractivity contribution in [2.75, 3.05) is 13.1 Å². The molecule has 2 aromatic heterocycles. The van der Waals surface area contributed by atoms with Crippen molar-refractivity contribution in [3.63, 3.8) is 0 Å². The van der Waals surface area contributed by atoms with Crippen LogP contribution in [0.4, 0.5) is 0 Å². The lowest BCUT2D eigenvalue weighted by Crippen LogP contribution is -2.43. The lowest BCUT2D eigenvalue weighted by molar-refractivity contribution is -0.126. The summed E-state index contributed by atoms with van der Waals surface area (Å²) < 4.78 is 0. The SMILES string of the molecule is O=C(NCc1cccnc1)C1CCN(C(=O)c2cc3ccccc3c3cccnc23)CC1. The highest BCUT2D eigenvalue weighted by atomic mass is 16.2. The van der Waals surface area contributed by atoms with Crippen molar-refractivity contribution in [1.82, 2.24) is 20.2 Å². The van der Waals surface area contributed by atoms with Crippen molar-refractivity contribution in [1.29, 1.82) is 0 Å². The summed E-state index contributed by atoms with van der Waals surface area (Å²) >= 11 is 0. The average Bonchev–Trinajstić information content (AvgIpc) is 2.87. The number of rotatable bonds is 4. The average molecular weight is 425 g/mol. The van der Waals surface area contributed by atoms with Gasteiger partial charge in [0, 0.05) is 49.5 Å². The Morgan fingerprint density at radius 3 is 2.56 bits per heavy atom. The quantitative estimate of drug-likeness (QED) is 0.504. The molecule has 0 saturated carbocycles. The number of hydrogen-bond acceptors (Lipinski definition) is 4. The third-order valence-corrected chi connectivity index (χ3v) is 6.19. The predicted octanol–water partition coefficient (Wildman–Crippen LogP) is 3.95. The molecule has 1 aliphatic rings. The first-order chi connectivity index (χ1) is 15.7. The zero-order valence-corrected chi connectivity index (χ0v) is 17.7. The molecule has 0 radical (unpaired) electrons. The van der Waals surface area contributed by atoms with Gasteiger partial charge in [0.25, 0.3) is 5.91 Å². The molecule has 1 N–H and O–H groups in total. The Morgan fingerprint density at radius 1 is 0.969 bits per heavy atom. The molecule has 2 aromatic carbocycles. The number of amides is 2. The fraction of sp³-hybridized carbons (Fsp3) is 0.231. The summed E-state index contributed by atoms with van der Waals surface area (Å²) in [5.41, 5.74) is 2.33. The molecule has 32 heavy (non-hydrogen) atoms. The highest BCUT2D eigenvalue weighted by Gasteiger charge is 2.29. The van der Waals surface area contributed by atoms with Crippen LogP contribution in [-0.2, 0) is 11.3 Å². The van der Waals surface area contributed by atoms with E-state index in [0.717, 1.165) is 27.2 Å². The third-order valence-electron chi connectivity index (χ3n) is 6.19. The molecule has 5 rings (SSSR count). The van der Waals surface area contributed by atoms with E-state index >= 15 is 0 Å². The van der Waals surface area contributed by atoms with Crippen LogP contribution in [0.1, 0.15) is 28.8 Å². The molecule has 6 heteroatoms. The van der Waals surface area contributed by atoms with E-state index < -0.39 is 0 Å². The summed E-state index contributed by atoms with van der Waals surface area (Å²) in [6, 6.07) is 17.7. The highest BCUT2D eigenvalue weighted by Crippen LogP contribution is 2.29. The van der Waals surface area contributed by atoms with Gasteiger partial charge in [-0.25, -0.2) is 0 Å². The van der Waals surface area contributed by atoms with Gasteiger partial charge >= 0.3 is 0 Å². The molecule has 0 spiro atoms. The highest BCUT2D eigenvalue weighted by molar-refractivity contribution is 6.15. The number of aromatic nitrogens is 2. The number of likely N-dealkylation sites (tertiary alicyclic amines) is 1. The van der Waals surface area contributed by atoms with Gasteiger partial charge in [0.05, 0.1) is 11.1 Å². The summed E-state index contributed by atoms with van der Waals surface area (Å²) in [6.45, 7) is 1.59. The van der Waals surface area contributed by atoms with Crippen LogP contribution in [0.2, 0.25) is 0 Å². The van der Waals surface area contributed by atoms with Crippen LogP contribution in [0.15, 0.2) is 73.2 Å². The van der Waals surface area contributed by atoms with Gasteiger partial charge < -0.3 is 10.2 Å². The maximum absolute atomic E-state index is 13.4. The molecule has 160 valence electrons. The number of carbonyl (C=O) groups excluding carboxylic acids is 2. The second-order valence-corrected chi connectivity index (χ2v) is 8.19. The first-order valence-corrected chi connectivity index (χ1v) is 10.9. The van der Waals surface area contributed by atoms with Gasteiger partial charge in [-0.2, -0.15) is 0 Å². The zero-order chi connectivity index (χ0) is 21.9. The molecular formula is C26H24N4O2. The van der Waals surface area contributed by atoms with Gasteiger partial charge in [0.1, 0.15) is 0 Å². The molecule has 1 fully saturated rings. The minimum Gasteiger partial charge on any atom is -0.352 e. The number of fused-ring (bicyclic) bond motifs is 3. The Morgan fingerprint density at radius 2 is 1.75 bits per heavy atom. The normalized spacial score (nSPS) is 14.6. The molecule has 0 unspecified atom stereocenters. The predicted molar refractivity (Wildman–Crippen MR) is 124 cm³/mol. The molecule has 6 nitrogen and oxygen atoms in total. The largest absolute Gasteiger partial charge is 0.352 e. The smallest absolute Gasteiger partial charge is 0.256 e. The molecule has 0 atom stereocenters. The Hall–Kier alpha value is -3.80. The van der Waals surface area contributed by atoms with Crippen molar-refractivity contribution in [3.05, 3.63) is 84.3 Å². The van der Waals surface area contributed by atoms with E-state index in [1.165, 1.54) is 0 Å². The monoisotopic (exact) mass is 424 g/mol. The maximum Gasteiger partial charge on any atom is 0.256 e. The molecule has 1 saturated heterocycles. The molecule has 0 aliphatic carbocycles. The van der Waals surface area contributed by atoms with Gasteiger partial charge in [-0.05, 0) is 47.4 Å². The molecule has 2 amide bonds. The van der Waals surface area contributed by atoms with E-state index in [0.29, 0.717) is 38.0 Å².